The molecule has 0 aromatic carbocycles. The van der Waals surface area contributed by atoms with E-state index >= 15 is 0 Å². The fourth-order valence-electron chi connectivity index (χ4n) is 9.54. The zero-order chi connectivity index (χ0) is 61.0. The summed E-state index contributed by atoms with van der Waals surface area (Å²) in [7, 11) is 15.6. The summed E-state index contributed by atoms with van der Waals surface area (Å²) in [5.41, 5.74) is 0. The number of carbonyl (C=O) groups is 6. The second-order valence-corrected chi connectivity index (χ2v) is 24.7. The zero-order valence-corrected chi connectivity index (χ0v) is 53.4. The number of quaternary nitrogens is 2. The molecular formula is C66H124N2O14. The molecule has 0 aromatic heterocycles. The minimum atomic E-state index is -0.691. The van der Waals surface area contributed by atoms with Gasteiger partial charge in [0, 0.05) is 66.7 Å². The first-order chi connectivity index (χ1) is 39.3. The highest BCUT2D eigenvalue weighted by molar-refractivity contribution is 5.73. The Morgan fingerprint density at radius 2 is 0.561 bits per heavy atom. The number of nitrogens with zero attached hydrogens (tertiary/aromatic N) is 2. The Morgan fingerprint density at radius 1 is 0.317 bits per heavy atom. The minimum absolute atomic E-state index is 0.0986. The minimum Gasteiger partial charge on any atom is -0.466 e. The van der Waals surface area contributed by atoms with E-state index in [1.165, 1.54) is 0 Å². The number of rotatable bonds is 59. The molecule has 16 heteroatoms. The smallest absolute Gasteiger partial charge is 0.306 e. The second kappa shape index (κ2) is 53.2. The Bertz CT molecular complexity index is 1470. The lowest BCUT2D eigenvalue weighted by molar-refractivity contribution is -0.845. The molecule has 0 heterocycles. The molecule has 2 N–H and O–H groups in total. The van der Waals surface area contributed by atoms with Crippen LogP contribution in [0.15, 0.2) is 0 Å². The van der Waals surface area contributed by atoms with Crippen LogP contribution in [-0.2, 0) is 57.2 Å². The van der Waals surface area contributed by atoms with E-state index in [0.717, 1.165) is 193 Å². The van der Waals surface area contributed by atoms with Crippen molar-refractivity contribution in [2.75, 3.05) is 67.7 Å². The predicted octanol–water partition coefficient (Wildman–Crippen LogP) is 13.9. The van der Waals surface area contributed by atoms with Gasteiger partial charge in [-0.2, -0.15) is 0 Å². The Labute approximate surface area is 500 Å². The van der Waals surface area contributed by atoms with E-state index in [1.807, 2.05) is 28.2 Å². The molecule has 4 unspecified atom stereocenters. The van der Waals surface area contributed by atoms with Gasteiger partial charge in [0.2, 0.25) is 0 Å². The van der Waals surface area contributed by atoms with E-state index in [4.69, 9.17) is 28.4 Å². The van der Waals surface area contributed by atoms with Gasteiger partial charge in [-0.25, -0.2) is 0 Å². The van der Waals surface area contributed by atoms with Gasteiger partial charge in [-0.3, -0.25) is 28.8 Å². The van der Waals surface area contributed by atoms with Gasteiger partial charge < -0.3 is 47.6 Å². The molecular weight excluding hydrogens is 1040 g/mol. The third-order valence-corrected chi connectivity index (χ3v) is 14.9. The molecule has 0 amide bonds. The summed E-state index contributed by atoms with van der Waals surface area (Å²) in [6.07, 6.45) is 33.1. The summed E-state index contributed by atoms with van der Waals surface area (Å²) in [5, 5.41) is 21.8. The number of likely N-dealkylation sites (N-methyl/N-ethyl adjacent to an activating group) is 2. The molecule has 0 saturated heterocycles. The Morgan fingerprint density at radius 3 is 0.866 bits per heavy atom. The van der Waals surface area contributed by atoms with Crippen molar-refractivity contribution in [2.24, 2.45) is 0 Å². The van der Waals surface area contributed by atoms with Crippen LogP contribution in [-0.4, -0.2) is 147 Å². The average Bonchev–Trinajstić information content (AvgIpc) is 3.40. The number of hydrogen-bond acceptors (Lipinski definition) is 14. The molecule has 0 spiro atoms. The van der Waals surface area contributed by atoms with E-state index in [1.54, 1.807) is 0 Å². The van der Waals surface area contributed by atoms with Crippen LogP contribution in [0.3, 0.4) is 0 Å². The maximum atomic E-state index is 12.6. The van der Waals surface area contributed by atoms with Crippen LogP contribution in [0.1, 0.15) is 284 Å². The summed E-state index contributed by atoms with van der Waals surface area (Å²) < 4.78 is 33.8. The van der Waals surface area contributed by atoms with Crippen molar-refractivity contribution in [2.45, 2.75) is 308 Å². The molecule has 82 heavy (non-hydrogen) atoms. The summed E-state index contributed by atoms with van der Waals surface area (Å²) in [6.45, 7) is 7.04. The Hall–Kier alpha value is -3.34. The molecule has 16 nitrogen and oxygen atoms in total. The first-order valence-electron chi connectivity index (χ1n) is 33.0. The maximum absolute atomic E-state index is 12.6. The highest BCUT2D eigenvalue weighted by atomic mass is 16.6. The maximum Gasteiger partial charge on any atom is 0.306 e. The van der Waals surface area contributed by atoms with Crippen LogP contribution >= 0.6 is 0 Å². The monoisotopic (exact) mass is 1170 g/mol. The van der Waals surface area contributed by atoms with E-state index in [9.17, 15) is 39.0 Å². The number of aliphatic hydroxyl groups excluding tert-OH is 2. The molecule has 0 aliphatic carbocycles. The van der Waals surface area contributed by atoms with Gasteiger partial charge in [-0.1, -0.05) is 168 Å². The Balaban J connectivity index is 3.80. The normalized spacial score (nSPS) is 13.2. The molecule has 482 valence electrons. The van der Waals surface area contributed by atoms with Crippen molar-refractivity contribution < 1.29 is 76.4 Å². The van der Waals surface area contributed by atoms with Crippen molar-refractivity contribution in [3.63, 3.8) is 0 Å². The number of esters is 6. The van der Waals surface area contributed by atoms with E-state index in [-0.39, 0.29) is 61.5 Å². The fourth-order valence-corrected chi connectivity index (χ4v) is 9.54. The average molecular weight is 1170 g/mol. The van der Waals surface area contributed by atoms with Crippen LogP contribution in [0.2, 0.25) is 0 Å². The van der Waals surface area contributed by atoms with E-state index in [2.05, 4.69) is 27.9 Å². The van der Waals surface area contributed by atoms with Crippen LogP contribution in [0.25, 0.3) is 0 Å². The fraction of sp³-hybridized carbons (Fsp3) is 0.879. The molecule has 0 fully saturated rings. The van der Waals surface area contributed by atoms with Crippen molar-refractivity contribution >= 4 is 35.8 Å². The highest BCUT2D eigenvalue weighted by Crippen LogP contribution is 2.21. The molecule has 0 aliphatic heterocycles. The standard InChI is InChI=1S/C66H124N2O14/c1-9-11-31-43-59(81-65(75)49-39-47-63(73)79-55-51-67(3,4)5)57(69)41-33-25-19-13-15-21-27-35-45-61(71)77-53-37-29-23-17-18-24-30-38-54-78-62(72)46-36-28-22-16-14-20-26-34-42-58(70)60(44-32-12-10-2)82-66(76)50-40-48-64(74)80-56-52-68(6,7)8/h57-60,69-70H,3,6,9-56H2,1-2,4-5,7-8H3. The SMILES string of the molecule is [CH2-][N+](C)(C)CCOC(=O)CCCC(=O)OC(CCCCC)C(O)CCCCCCCCCCC(=O)OCCCCCCCCCCOC(=O)CCCCCCCCCCC(O)C(CCCCC)OC(=O)CCCC(=O)OCC[N+]([CH2-])(C)C. The van der Waals surface area contributed by atoms with Gasteiger partial charge in [0.05, 0.1) is 38.5 Å². The summed E-state index contributed by atoms with van der Waals surface area (Å²) in [6, 6.07) is 0. The molecule has 4 atom stereocenters. The van der Waals surface area contributed by atoms with Crippen molar-refractivity contribution in [3.05, 3.63) is 14.1 Å². The van der Waals surface area contributed by atoms with Crippen molar-refractivity contribution in [1.82, 2.24) is 0 Å². The number of hydrogen-bond donors (Lipinski definition) is 2. The number of carbonyl (C=O) groups excluding carboxylic acids is 6. The summed E-state index contributed by atoms with van der Waals surface area (Å²) in [4.78, 5) is 73.6. The van der Waals surface area contributed by atoms with Gasteiger partial charge in [0.15, 0.2) is 0 Å². The number of ether oxygens (including phenoxy) is 6. The largest absolute Gasteiger partial charge is 0.466 e. The summed E-state index contributed by atoms with van der Waals surface area (Å²) in [5.74, 6) is -1.61. The quantitative estimate of drug-likeness (QED) is 0.0192. The predicted molar refractivity (Wildman–Crippen MR) is 326 cm³/mol. The lowest BCUT2D eigenvalue weighted by Crippen LogP contribution is -2.35. The highest BCUT2D eigenvalue weighted by Gasteiger charge is 2.25. The van der Waals surface area contributed by atoms with Crippen molar-refractivity contribution in [3.8, 4) is 0 Å². The molecule has 0 aliphatic rings. The van der Waals surface area contributed by atoms with Crippen LogP contribution in [0.4, 0.5) is 0 Å². The Kier molecular flexibility index (Phi) is 51.0. The van der Waals surface area contributed by atoms with Gasteiger partial charge in [-0.05, 0) is 77.0 Å². The molecule has 0 rings (SSSR count). The summed E-state index contributed by atoms with van der Waals surface area (Å²) >= 11 is 0. The lowest BCUT2D eigenvalue weighted by atomic mass is 9.99. The van der Waals surface area contributed by atoms with Crippen molar-refractivity contribution in [1.29, 1.82) is 0 Å². The first-order valence-corrected chi connectivity index (χ1v) is 33.0. The molecule has 0 aromatic rings. The van der Waals surface area contributed by atoms with Crippen LogP contribution in [0.5, 0.6) is 0 Å². The third kappa shape index (κ3) is 54.6. The first kappa shape index (κ1) is 78.7. The molecule has 0 saturated carbocycles. The van der Waals surface area contributed by atoms with E-state index < -0.39 is 24.4 Å². The van der Waals surface area contributed by atoms with Crippen LogP contribution < -0.4 is 0 Å². The number of aliphatic hydroxyl groups is 2. The van der Waals surface area contributed by atoms with Crippen LogP contribution in [0, 0.1) is 14.1 Å². The van der Waals surface area contributed by atoms with Gasteiger partial charge >= 0.3 is 35.8 Å². The van der Waals surface area contributed by atoms with Gasteiger partial charge in [0.1, 0.15) is 25.4 Å². The number of unbranched alkanes of at least 4 members (excludes halogenated alkanes) is 25. The zero-order valence-electron chi connectivity index (χ0n) is 53.4. The van der Waals surface area contributed by atoms with Gasteiger partial charge in [-0.15, -0.1) is 14.1 Å². The lowest BCUT2D eigenvalue weighted by Gasteiger charge is -2.32. The second-order valence-electron chi connectivity index (χ2n) is 24.7. The van der Waals surface area contributed by atoms with Gasteiger partial charge in [0.25, 0.3) is 0 Å². The molecule has 0 bridgehead atoms. The van der Waals surface area contributed by atoms with E-state index in [0.29, 0.717) is 99.8 Å². The third-order valence-electron chi connectivity index (χ3n) is 14.9. The topological polar surface area (TPSA) is 198 Å². The molecule has 0 radical (unpaired) electrons.